The molecule has 1 atom stereocenters. The normalized spacial score (nSPS) is 18.0. The van der Waals surface area contributed by atoms with Crippen molar-refractivity contribution in [3.63, 3.8) is 0 Å². The third kappa shape index (κ3) is 3.73. The van der Waals surface area contributed by atoms with Gasteiger partial charge in [0.2, 0.25) is 5.88 Å². The summed E-state index contributed by atoms with van der Waals surface area (Å²) in [5.74, 6) is 0.621. The molecule has 2 aromatic rings. The average Bonchev–Trinajstić information content (AvgIpc) is 2.56. The Kier molecular flexibility index (Phi) is 4.87. The second-order valence-electron chi connectivity index (χ2n) is 5.19. The highest BCUT2D eigenvalue weighted by Crippen LogP contribution is 2.18. The molecule has 1 aromatic heterocycles. The fourth-order valence-corrected chi connectivity index (χ4v) is 2.87. The highest BCUT2D eigenvalue weighted by Gasteiger charge is 2.25. The number of likely N-dealkylation sites (tertiary alicyclic amines) is 1. The highest BCUT2D eigenvalue weighted by atomic mass is 127. The van der Waals surface area contributed by atoms with Crippen LogP contribution in [0.15, 0.2) is 42.9 Å². The van der Waals surface area contributed by atoms with Gasteiger partial charge in [-0.3, -0.25) is 4.79 Å². The van der Waals surface area contributed by atoms with Crippen molar-refractivity contribution < 1.29 is 9.53 Å². The van der Waals surface area contributed by atoms with Crippen LogP contribution in [0.3, 0.4) is 0 Å². The minimum absolute atomic E-state index is 0.0172. The number of carbonyl (C=O) groups is 1. The maximum Gasteiger partial charge on any atom is 0.253 e. The summed E-state index contributed by atoms with van der Waals surface area (Å²) in [6, 6.07) is 9.39. The molecule has 5 nitrogen and oxygen atoms in total. The molecule has 1 aliphatic heterocycles. The monoisotopic (exact) mass is 409 g/mol. The Morgan fingerprint density at radius 1 is 1.27 bits per heavy atom. The van der Waals surface area contributed by atoms with E-state index in [1.807, 2.05) is 29.2 Å². The molecule has 114 valence electrons. The molecule has 3 rings (SSSR count). The van der Waals surface area contributed by atoms with Crippen LogP contribution in [0.1, 0.15) is 23.2 Å². The summed E-state index contributed by atoms with van der Waals surface area (Å²) in [7, 11) is 0. The molecule has 1 fully saturated rings. The number of benzene rings is 1. The summed E-state index contributed by atoms with van der Waals surface area (Å²) in [4.78, 5) is 22.4. The summed E-state index contributed by atoms with van der Waals surface area (Å²) in [6.45, 7) is 1.36. The van der Waals surface area contributed by atoms with Crippen LogP contribution in [0.2, 0.25) is 0 Å². The molecule has 2 heterocycles. The standard InChI is InChI=1S/C16H16IN3O2/c17-13-5-3-12(4-6-13)16(21)20-9-1-2-14(10-20)22-15-7-8-18-11-19-15/h3-8,11,14H,1-2,9-10H2. The number of ether oxygens (including phenoxy) is 1. The Hall–Kier alpha value is -1.70. The van der Waals surface area contributed by atoms with Crippen molar-refractivity contribution in [3.05, 3.63) is 52.0 Å². The predicted molar refractivity (Wildman–Crippen MR) is 90.7 cm³/mol. The predicted octanol–water partition coefficient (Wildman–Crippen LogP) is 2.76. The smallest absolute Gasteiger partial charge is 0.253 e. The second-order valence-corrected chi connectivity index (χ2v) is 6.43. The van der Waals surface area contributed by atoms with Crippen LogP contribution in [0.4, 0.5) is 0 Å². The Balaban J connectivity index is 1.65. The minimum Gasteiger partial charge on any atom is -0.472 e. The third-order valence-electron chi connectivity index (χ3n) is 3.60. The van der Waals surface area contributed by atoms with E-state index in [0.717, 1.165) is 28.5 Å². The maximum atomic E-state index is 12.6. The molecule has 0 aliphatic carbocycles. The molecular weight excluding hydrogens is 393 g/mol. The minimum atomic E-state index is -0.0172. The first-order chi connectivity index (χ1) is 10.7. The molecular formula is C16H16IN3O2. The molecule has 0 N–H and O–H groups in total. The lowest BCUT2D eigenvalue weighted by Gasteiger charge is -2.32. The number of piperidine rings is 1. The van der Waals surface area contributed by atoms with Gasteiger partial charge < -0.3 is 9.64 Å². The first kappa shape index (κ1) is 15.2. The van der Waals surface area contributed by atoms with Crippen LogP contribution in [-0.4, -0.2) is 40.0 Å². The molecule has 0 bridgehead atoms. The summed E-state index contributed by atoms with van der Waals surface area (Å²) < 4.78 is 6.97. The van der Waals surface area contributed by atoms with Gasteiger partial charge in [0, 0.05) is 27.9 Å². The number of carbonyl (C=O) groups excluding carboxylic acids is 1. The third-order valence-corrected chi connectivity index (χ3v) is 4.32. The number of nitrogens with zero attached hydrogens (tertiary/aromatic N) is 3. The number of hydrogen-bond donors (Lipinski definition) is 0. The summed E-state index contributed by atoms with van der Waals surface area (Å²) >= 11 is 2.23. The lowest BCUT2D eigenvalue weighted by molar-refractivity contribution is 0.0527. The number of rotatable bonds is 3. The van der Waals surface area contributed by atoms with Crippen molar-refractivity contribution in [2.45, 2.75) is 18.9 Å². The largest absolute Gasteiger partial charge is 0.472 e. The van der Waals surface area contributed by atoms with Gasteiger partial charge in [0.05, 0.1) is 6.54 Å². The van der Waals surface area contributed by atoms with Crippen molar-refractivity contribution in [3.8, 4) is 5.88 Å². The maximum absolute atomic E-state index is 12.6. The van der Waals surface area contributed by atoms with E-state index in [4.69, 9.17) is 4.74 Å². The zero-order valence-corrected chi connectivity index (χ0v) is 14.1. The summed E-state index contributed by atoms with van der Waals surface area (Å²) in [5, 5.41) is 0. The van der Waals surface area contributed by atoms with Gasteiger partial charge in [-0.05, 0) is 59.7 Å². The van der Waals surface area contributed by atoms with E-state index < -0.39 is 0 Å². The zero-order chi connectivity index (χ0) is 15.4. The van der Waals surface area contributed by atoms with Gasteiger partial charge in [0.25, 0.3) is 5.91 Å². The summed E-state index contributed by atoms with van der Waals surface area (Å²) in [5.41, 5.74) is 0.725. The number of aromatic nitrogens is 2. The SMILES string of the molecule is O=C(c1ccc(I)cc1)N1CCCC(Oc2ccncn2)C1. The molecule has 1 unspecified atom stereocenters. The van der Waals surface area contributed by atoms with Crippen molar-refractivity contribution >= 4 is 28.5 Å². The fourth-order valence-electron chi connectivity index (χ4n) is 2.51. The van der Waals surface area contributed by atoms with Gasteiger partial charge in [-0.25, -0.2) is 9.97 Å². The Morgan fingerprint density at radius 3 is 2.82 bits per heavy atom. The van der Waals surface area contributed by atoms with Gasteiger partial charge >= 0.3 is 0 Å². The molecule has 1 aliphatic rings. The lowest BCUT2D eigenvalue weighted by atomic mass is 10.1. The zero-order valence-electron chi connectivity index (χ0n) is 12.0. The van der Waals surface area contributed by atoms with Crippen LogP contribution in [0.25, 0.3) is 0 Å². The van der Waals surface area contributed by atoms with Gasteiger partial charge in [0.1, 0.15) is 12.4 Å². The van der Waals surface area contributed by atoms with Gasteiger partial charge in [0.15, 0.2) is 0 Å². The molecule has 1 saturated heterocycles. The van der Waals surface area contributed by atoms with E-state index in [0.29, 0.717) is 12.4 Å². The summed E-state index contributed by atoms with van der Waals surface area (Å²) in [6.07, 6.45) is 4.97. The van der Waals surface area contributed by atoms with Crippen LogP contribution >= 0.6 is 22.6 Å². The average molecular weight is 409 g/mol. The second kappa shape index (κ2) is 7.04. The van der Waals surface area contributed by atoms with E-state index in [-0.39, 0.29) is 12.0 Å². The Bertz CT molecular complexity index is 634. The molecule has 0 spiro atoms. The lowest BCUT2D eigenvalue weighted by Crippen LogP contribution is -2.44. The first-order valence-electron chi connectivity index (χ1n) is 7.20. The van der Waals surface area contributed by atoms with E-state index >= 15 is 0 Å². The fraction of sp³-hybridized carbons (Fsp3) is 0.312. The number of amides is 1. The van der Waals surface area contributed by atoms with Gasteiger partial charge in [-0.1, -0.05) is 0 Å². The van der Waals surface area contributed by atoms with Crippen molar-refractivity contribution in [2.75, 3.05) is 13.1 Å². The Morgan fingerprint density at radius 2 is 2.09 bits per heavy atom. The highest BCUT2D eigenvalue weighted by molar-refractivity contribution is 14.1. The van der Waals surface area contributed by atoms with Crippen LogP contribution in [0.5, 0.6) is 5.88 Å². The van der Waals surface area contributed by atoms with Crippen LogP contribution in [0, 0.1) is 3.57 Å². The molecule has 0 saturated carbocycles. The van der Waals surface area contributed by atoms with E-state index in [2.05, 4.69) is 32.6 Å². The molecule has 6 heteroatoms. The van der Waals surface area contributed by atoms with Crippen molar-refractivity contribution in [2.24, 2.45) is 0 Å². The quantitative estimate of drug-likeness (QED) is 0.732. The van der Waals surface area contributed by atoms with E-state index in [1.165, 1.54) is 6.33 Å². The number of halogens is 1. The van der Waals surface area contributed by atoms with Crippen molar-refractivity contribution in [1.29, 1.82) is 0 Å². The molecule has 22 heavy (non-hydrogen) atoms. The van der Waals surface area contributed by atoms with Gasteiger partial charge in [-0.2, -0.15) is 0 Å². The van der Waals surface area contributed by atoms with E-state index in [1.54, 1.807) is 12.3 Å². The first-order valence-corrected chi connectivity index (χ1v) is 8.28. The molecule has 1 amide bonds. The number of hydrogen-bond acceptors (Lipinski definition) is 4. The molecule has 1 aromatic carbocycles. The topological polar surface area (TPSA) is 55.3 Å². The van der Waals surface area contributed by atoms with E-state index in [9.17, 15) is 4.79 Å². The Labute approximate surface area is 142 Å². The van der Waals surface area contributed by atoms with Gasteiger partial charge in [-0.15, -0.1) is 0 Å². The van der Waals surface area contributed by atoms with Crippen LogP contribution < -0.4 is 4.74 Å². The molecule has 0 radical (unpaired) electrons. The van der Waals surface area contributed by atoms with Crippen molar-refractivity contribution in [1.82, 2.24) is 14.9 Å². The van der Waals surface area contributed by atoms with Crippen LogP contribution in [-0.2, 0) is 0 Å².